The summed E-state index contributed by atoms with van der Waals surface area (Å²) in [6, 6.07) is 4.84. The minimum atomic E-state index is -0.815. The highest BCUT2D eigenvalue weighted by Gasteiger charge is 2.52. The van der Waals surface area contributed by atoms with E-state index in [1.165, 1.54) is 7.11 Å². The van der Waals surface area contributed by atoms with Gasteiger partial charge in [0, 0.05) is 10.0 Å². The Morgan fingerprint density at radius 2 is 2.04 bits per heavy atom. The molecule has 2 fully saturated rings. The van der Waals surface area contributed by atoms with Crippen LogP contribution in [0.25, 0.3) is 0 Å². The molecule has 134 valence electrons. The van der Waals surface area contributed by atoms with Gasteiger partial charge in [0.1, 0.15) is 24.4 Å². The summed E-state index contributed by atoms with van der Waals surface area (Å²) < 4.78 is 11.3. The van der Waals surface area contributed by atoms with Crippen molar-refractivity contribution < 1.29 is 23.9 Å². The van der Waals surface area contributed by atoms with Crippen molar-refractivity contribution in [2.24, 2.45) is 0 Å². The molecule has 0 aromatic heterocycles. The monoisotopic (exact) mass is 410 g/mol. The van der Waals surface area contributed by atoms with Crippen LogP contribution < -0.4 is 10.1 Å². The van der Waals surface area contributed by atoms with E-state index in [0.717, 1.165) is 22.2 Å². The number of imide groups is 1. The van der Waals surface area contributed by atoms with Crippen LogP contribution in [0.15, 0.2) is 22.7 Å². The van der Waals surface area contributed by atoms with Gasteiger partial charge in [-0.1, -0.05) is 28.8 Å². The molecule has 3 amide bonds. The van der Waals surface area contributed by atoms with Crippen LogP contribution in [0.2, 0.25) is 0 Å². The largest absolute Gasteiger partial charge is 0.496 e. The van der Waals surface area contributed by atoms with Gasteiger partial charge in [-0.15, -0.1) is 0 Å². The zero-order chi connectivity index (χ0) is 18.0. The van der Waals surface area contributed by atoms with Gasteiger partial charge in [0.2, 0.25) is 0 Å². The number of urea groups is 1. The lowest BCUT2D eigenvalue weighted by Gasteiger charge is -2.19. The third kappa shape index (κ3) is 3.49. The van der Waals surface area contributed by atoms with Crippen molar-refractivity contribution in [3.63, 3.8) is 0 Å². The summed E-state index contributed by atoms with van der Waals surface area (Å²) in [5.74, 6) is -0.372. The number of amides is 3. The highest BCUT2D eigenvalue weighted by molar-refractivity contribution is 9.10. The fourth-order valence-electron chi connectivity index (χ4n) is 3.33. The molecule has 0 unspecified atom stereocenters. The molecule has 0 atom stereocenters. The zero-order valence-electron chi connectivity index (χ0n) is 13.8. The number of carbonyl (C=O) groups excluding carboxylic acids is 3. The van der Waals surface area contributed by atoms with E-state index in [2.05, 4.69) is 21.2 Å². The predicted octanol–water partition coefficient (Wildman–Crippen LogP) is 2.37. The van der Waals surface area contributed by atoms with Gasteiger partial charge < -0.3 is 14.8 Å². The first-order chi connectivity index (χ1) is 11.9. The Bertz CT molecular complexity index is 715. The van der Waals surface area contributed by atoms with Crippen LogP contribution in [0.1, 0.15) is 31.2 Å². The third-order valence-electron chi connectivity index (χ3n) is 4.62. The lowest BCUT2D eigenvalue weighted by atomic mass is 9.98. The highest BCUT2D eigenvalue weighted by atomic mass is 79.9. The van der Waals surface area contributed by atoms with Crippen LogP contribution in [0.4, 0.5) is 4.79 Å². The first kappa shape index (κ1) is 17.7. The number of benzene rings is 1. The molecule has 1 aliphatic carbocycles. The summed E-state index contributed by atoms with van der Waals surface area (Å²) in [4.78, 5) is 37.6. The van der Waals surface area contributed by atoms with Crippen LogP contribution >= 0.6 is 15.9 Å². The van der Waals surface area contributed by atoms with E-state index in [1.54, 1.807) is 12.1 Å². The van der Waals surface area contributed by atoms with E-state index in [-0.39, 0.29) is 19.1 Å². The van der Waals surface area contributed by atoms with Crippen LogP contribution in [0.3, 0.4) is 0 Å². The maximum Gasteiger partial charge on any atom is 0.326 e. The molecular weight excluding hydrogens is 392 g/mol. The maximum absolute atomic E-state index is 12.5. The zero-order valence-corrected chi connectivity index (χ0v) is 15.4. The highest BCUT2D eigenvalue weighted by Crippen LogP contribution is 2.35. The minimum absolute atomic E-state index is 0.00373. The van der Waals surface area contributed by atoms with E-state index in [9.17, 15) is 14.4 Å². The van der Waals surface area contributed by atoms with Crippen molar-refractivity contribution in [2.75, 3.05) is 13.7 Å². The molecule has 0 radical (unpaired) electrons. The van der Waals surface area contributed by atoms with Gasteiger partial charge >= 0.3 is 12.0 Å². The van der Waals surface area contributed by atoms with Crippen molar-refractivity contribution >= 4 is 33.8 Å². The van der Waals surface area contributed by atoms with Crippen molar-refractivity contribution in [1.29, 1.82) is 0 Å². The number of ether oxygens (including phenoxy) is 2. The predicted molar refractivity (Wildman–Crippen MR) is 91.9 cm³/mol. The molecule has 1 spiro atoms. The van der Waals surface area contributed by atoms with Gasteiger partial charge in [-0.05, 0) is 31.0 Å². The van der Waals surface area contributed by atoms with Crippen molar-refractivity contribution in [1.82, 2.24) is 10.2 Å². The molecule has 25 heavy (non-hydrogen) atoms. The number of carbonyl (C=O) groups is 3. The van der Waals surface area contributed by atoms with Crippen LogP contribution in [-0.4, -0.2) is 42.0 Å². The third-order valence-corrected chi connectivity index (χ3v) is 5.11. The summed E-state index contributed by atoms with van der Waals surface area (Å²) >= 11 is 3.35. The molecule has 8 heteroatoms. The smallest absolute Gasteiger partial charge is 0.326 e. The number of nitrogens with zero attached hydrogens (tertiary/aromatic N) is 1. The lowest BCUT2D eigenvalue weighted by molar-refractivity contribution is -0.148. The fraction of sp³-hybridized carbons (Fsp3) is 0.471. The van der Waals surface area contributed by atoms with Gasteiger partial charge in [0.15, 0.2) is 0 Å². The molecule has 0 bridgehead atoms. The van der Waals surface area contributed by atoms with E-state index >= 15 is 0 Å². The molecule has 2 aliphatic rings. The molecule has 1 aromatic carbocycles. The van der Waals surface area contributed by atoms with E-state index in [0.29, 0.717) is 24.2 Å². The summed E-state index contributed by atoms with van der Waals surface area (Å²) in [7, 11) is 1.53. The summed E-state index contributed by atoms with van der Waals surface area (Å²) in [5, 5.41) is 2.74. The van der Waals surface area contributed by atoms with Crippen LogP contribution in [-0.2, 0) is 20.9 Å². The Morgan fingerprint density at radius 3 is 2.72 bits per heavy atom. The summed E-state index contributed by atoms with van der Waals surface area (Å²) in [6.07, 6.45) is 3.04. The SMILES string of the molecule is COc1ccc(Br)cc1COC(=O)CN1C(=O)NC2(CCCC2)C1=O. The van der Waals surface area contributed by atoms with E-state index in [1.807, 2.05) is 6.07 Å². The van der Waals surface area contributed by atoms with Gasteiger partial charge in [-0.2, -0.15) is 0 Å². The topological polar surface area (TPSA) is 84.9 Å². The molecule has 1 saturated heterocycles. The molecular formula is C17H19BrN2O5. The molecule has 1 aromatic rings. The van der Waals surface area contributed by atoms with Crippen LogP contribution in [0.5, 0.6) is 5.75 Å². The Balaban J connectivity index is 1.61. The van der Waals surface area contributed by atoms with E-state index in [4.69, 9.17) is 9.47 Å². The van der Waals surface area contributed by atoms with Gasteiger partial charge in [-0.3, -0.25) is 14.5 Å². The minimum Gasteiger partial charge on any atom is -0.496 e. The van der Waals surface area contributed by atoms with Crippen molar-refractivity contribution in [3.05, 3.63) is 28.2 Å². The maximum atomic E-state index is 12.5. The Labute approximate surface area is 153 Å². The molecule has 3 rings (SSSR count). The van der Waals surface area contributed by atoms with Crippen LogP contribution in [0, 0.1) is 0 Å². The second kappa shape index (κ2) is 7.03. The van der Waals surface area contributed by atoms with Crippen molar-refractivity contribution in [3.8, 4) is 5.75 Å². The molecule has 1 aliphatic heterocycles. The number of halogens is 1. The summed E-state index contributed by atoms with van der Waals surface area (Å²) in [6.45, 7) is -0.390. The van der Waals surface area contributed by atoms with Gasteiger partial charge in [-0.25, -0.2) is 4.79 Å². The standard InChI is InChI=1S/C17H19BrN2O5/c1-24-13-5-4-12(18)8-11(13)10-25-14(21)9-20-15(22)17(19-16(20)23)6-2-3-7-17/h4-5,8H,2-3,6-7,9-10H2,1H3,(H,19,23). The molecule has 1 saturated carbocycles. The first-order valence-corrected chi connectivity index (χ1v) is 8.87. The average Bonchev–Trinajstić information content (AvgIpc) is 3.14. The van der Waals surface area contributed by atoms with E-state index < -0.39 is 17.5 Å². The number of nitrogens with one attached hydrogen (secondary N) is 1. The quantitative estimate of drug-likeness (QED) is 0.594. The fourth-order valence-corrected chi connectivity index (χ4v) is 3.74. The normalized spacial score (nSPS) is 18.6. The second-order valence-electron chi connectivity index (χ2n) is 6.23. The first-order valence-electron chi connectivity index (χ1n) is 8.07. The number of hydrogen-bond donors (Lipinski definition) is 1. The Morgan fingerprint density at radius 1 is 1.32 bits per heavy atom. The average molecular weight is 411 g/mol. The Kier molecular flexibility index (Phi) is 4.99. The number of rotatable bonds is 5. The number of hydrogen-bond acceptors (Lipinski definition) is 5. The summed E-state index contributed by atoms with van der Waals surface area (Å²) in [5.41, 5.74) is -0.125. The van der Waals surface area contributed by atoms with Gasteiger partial charge in [0.25, 0.3) is 5.91 Å². The lowest BCUT2D eigenvalue weighted by Crippen LogP contribution is -2.44. The van der Waals surface area contributed by atoms with Gasteiger partial charge in [0.05, 0.1) is 7.11 Å². The molecule has 7 nitrogen and oxygen atoms in total. The van der Waals surface area contributed by atoms with Crippen molar-refractivity contribution in [2.45, 2.75) is 37.8 Å². The number of esters is 1. The second-order valence-corrected chi connectivity index (χ2v) is 7.14. The Hall–Kier alpha value is -2.09. The molecule has 1 N–H and O–H groups in total. The number of methoxy groups -OCH3 is 1. The molecule has 1 heterocycles.